The number of rotatable bonds is 5. The summed E-state index contributed by atoms with van der Waals surface area (Å²) in [5, 5.41) is 3.33. The SMILES string of the molecule is CNC(CSC)Cc1ccccc1. The van der Waals surface area contributed by atoms with E-state index in [1.807, 2.05) is 18.8 Å². The lowest BCUT2D eigenvalue weighted by molar-refractivity contribution is 0.617. The van der Waals surface area contributed by atoms with Gasteiger partial charge in [0.2, 0.25) is 0 Å². The van der Waals surface area contributed by atoms with E-state index in [-0.39, 0.29) is 0 Å². The van der Waals surface area contributed by atoms with Crippen molar-refractivity contribution in [1.82, 2.24) is 5.32 Å². The molecule has 1 unspecified atom stereocenters. The number of likely N-dealkylation sites (N-methyl/N-ethyl adjacent to an activating group) is 1. The maximum Gasteiger partial charge on any atom is 0.0195 e. The first-order chi connectivity index (χ1) is 6.36. The molecule has 0 aliphatic carbocycles. The minimum Gasteiger partial charge on any atom is -0.316 e. The Labute approximate surface area is 84.9 Å². The second-order valence-electron chi connectivity index (χ2n) is 3.13. The molecular formula is C11H17NS. The monoisotopic (exact) mass is 195 g/mol. The third-order valence-electron chi connectivity index (χ3n) is 2.10. The van der Waals surface area contributed by atoms with Crippen molar-refractivity contribution >= 4 is 11.8 Å². The van der Waals surface area contributed by atoms with Crippen LogP contribution in [0.3, 0.4) is 0 Å². The molecule has 0 spiro atoms. The summed E-state index contributed by atoms with van der Waals surface area (Å²) < 4.78 is 0. The Morgan fingerprint density at radius 2 is 2.00 bits per heavy atom. The molecule has 0 aliphatic heterocycles. The van der Waals surface area contributed by atoms with Crippen LogP contribution in [0.2, 0.25) is 0 Å². The van der Waals surface area contributed by atoms with Gasteiger partial charge in [0.15, 0.2) is 0 Å². The summed E-state index contributed by atoms with van der Waals surface area (Å²) in [6.07, 6.45) is 3.27. The van der Waals surface area contributed by atoms with Gasteiger partial charge in [-0.2, -0.15) is 11.8 Å². The minimum absolute atomic E-state index is 0.595. The summed E-state index contributed by atoms with van der Waals surface area (Å²) >= 11 is 1.89. The minimum atomic E-state index is 0.595. The molecule has 72 valence electrons. The second-order valence-corrected chi connectivity index (χ2v) is 4.04. The fraction of sp³-hybridized carbons (Fsp3) is 0.455. The van der Waals surface area contributed by atoms with E-state index in [0.29, 0.717) is 6.04 Å². The molecule has 0 amide bonds. The zero-order chi connectivity index (χ0) is 9.52. The van der Waals surface area contributed by atoms with Gasteiger partial charge < -0.3 is 5.32 Å². The Morgan fingerprint density at radius 3 is 2.54 bits per heavy atom. The lowest BCUT2D eigenvalue weighted by Gasteiger charge is -2.14. The molecule has 13 heavy (non-hydrogen) atoms. The largest absolute Gasteiger partial charge is 0.316 e. The van der Waals surface area contributed by atoms with Crippen molar-refractivity contribution in [1.29, 1.82) is 0 Å². The van der Waals surface area contributed by atoms with Gasteiger partial charge in [-0.1, -0.05) is 30.3 Å². The van der Waals surface area contributed by atoms with Gasteiger partial charge in [0.25, 0.3) is 0 Å². The third kappa shape index (κ3) is 3.83. The van der Waals surface area contributed by atoms with Crippen LogP contribution in [-0.4, -0.2) is 25.1 Å². The van der Waals surface area contributed by atoms with Gasteiger partial charge in [-0.25, -0.2) is 0 Å². The molecule has 2 heteroatoms. The highest BCUT2D eigenvalue weighted by atomic mass is 32.2. The first-order valence-electron chi connectivity index (χ1n) is 4.57. The maximum absolute atomic E-state index is 3.33. The number of thioether (sulfide) groups is 1. The molecule has 0 fully saturated rings. The Kier molecular flexibility index (Phi) is 4.94. The van der Waals surface area contributed by atoms with Crippen molar-refractivity contribution in [2.45, 2.75) is 12.5 Å². The lowest BCUT2D eigenvalue weighted by atomic mass is 10.1. The van der Waals surface area contributed by atoms with Crippen molar-refractivity contribution in [2.75, 3.05) is 19.1 Å². The predicted octanol–water partition coefficient (Wildman–Crippen LogP) is 2.18. The summed E-state index contributed by atoms with van der Waals surface area (Å²) in [5.41, 5.74) is 1.41. The molecule has 0 radical (unpaired) electrons. The Bertz CT molecular complexity index is 223. The van der Waals surface area contributed by atoms with Gasteiger partial charge in [-0.3, -0.25) is 0 Å². The molecular weight excluding hydrogens is 178 g/mol. The normalized spacial score (nSPS) is 12.8. The van der Waals surface area contributed by atoms with Gasteiger partial charge in [-0.05, 0) is 25.3 Å². The standard InChI is InChI=1S/C11H17NS/c1-12-11(9-13-2)8-10-6-4-3-5-7-10/h3-7,11-12H,8-9H2,1-2H3. The summed E-state index contributed by atoms with van der Waals surface area (Å²) in [6.45, 7) is 0. The van der Waals surface area contributed by atoms with Gasteiger partial charge in [-0.15, -0.1) is 0 Å². The van der Waals surface area contributed by atoms with Crippen molar-refractivity contribution < 1.29 is 0 Å². The van der Waals surface area contributed by atoms with Crippen LogP contribution >= 0.6 is 11.8 Å². The van der Waals surface area contributed by atoms with E-state index in [9.17, 15) is 0 Å². The van der Waals surface area contributed by atoms with Crippen LogP contribution in [0, 0.1) is 0 Å². The van der Waals surface area contributed by atoms with E-state index >= 15 is 0 Å². The van der Waals surface area contributed by atoms with Crippen molar-refractivity contribution in [3.8, 4) is 0 Å². The van der Waals surface area contributed by atoms with E-state index < -0.39 is 0 Å². The molecule has 0 saturated carbocycles. The molecule has 0 aliphatic rings. The Balaban J connectivity index is 2.46. The molecule has 0 heterocycles. The average molecular weight is 195 g/mol. The summed E-state index contributed by atoms with van der Waals surface area (Å²) in [5.74, 6) is 1.17. The topological polar surface area (TPSA) is 12.0 Å². The predicted molar refractivity (Wildman–Crippen MR) is 61.4 cm³/mol. The maximum atomic E-state index is 3.33. The Morgan fingerprint density at radius 1 is 1.31 bits per heavy atom. The summed E-state index contributed by atoms with van der Waals surface area (Å²) in [4.78, 5) is 0. The van der Waals surface area contributed by atoms with Gasteiger partial charge >= 0.3 is 0 Å². The number of benzene rings is 1. The van der Waals surface area contributed by atoms with Crippen LogP contribution in [0.25, 0.3) is 0 Å². The van der Waals surface area contributed by atoms with Gasteiger partial charge in [0.1, 0.15) is 0 Å². The Hall–Kier alpha value is -0.470. The van der Waals surface area contributed by atoms with Gasteiger partial charge in [0, 0.05) is 11.8 Å². The first-order valence-corrected chi connectivity index (χ1v) is 5.96. The van der Waals surface area contributed by atoms with Crippen LogP contribution in [-0.2, 0) is 6.42 Å². The average Bonchev–Trinajstić information content (AvgIpc) is 2.19. The molecule has 0 bridgehead atoms. The molecule has 1 rings (SSSR count). The number of hydrogen-bond acceptors (Lipinski definition) is 2. The molecule has 1 atom stereocenters. The van der Waals surface area contributed by atoms with Crippen LogP contribution in [0.5, 0.6) is 0 Å². The zero-order valence-corrected chi connectivity index (χ0v) is 9.10. The highest BCUT2D eigenvalue weighted by molar-refractivity contribution is 7.98. The van der Waals surface area contributed by atoms with Crippen LogP contribution < -0.4 is 5.32 Å². The third-order valence-corrected chi connectivity index (χ3v) is 2.84. The highest BCUT2D eigenvalue weighted by Crippen LogP contribution is 2.06. The van der Waals surface area contributed by atoms with Crippen molar-refractivity contribution in [2.24, 2.45) is 0 Å². The summed E-state index contributed by atoms with van der Waals surface area (Å²) in [7, 11) is 2.03. The van der Waals surface area contributed by atoms with Crippen molar-refractivity contribution in [3.63, 3.8) is 0 Å². The molecule has 1 aromatic carbocycles. The number of hydrogen-bond donors (Lipinski definition) is 1. The number of nitrogens with one attached hydrogen (secondary N) is 1. The van der Waals surface area contributed by atoms with E-state index in [2.05, 4.69) is 41.9 Å². The fourth-order valence-electron chi connectivity index (χ4n) is 1.34. The fourth-order valence-corrected chi connectivity index (χ4v) is 2.03. The smallest absolute Gasteiger partial charge is 0.0195 e. The molecule has 1 N–H and O–H groups in total. The molecule has 1 aromatic rings. The quantitative estimate of drug-likeness (QED) is 0.773. The first kappa shape index (κ1) is 10.6. The van der Waals surface area contributed by atoms with E-state index in [1.54, 1.807) is 0 Å². The van der Waals surface area contributed by atoms with E-state index in [0.717, 1.165) is 6.42 Å². The van der Waals surface area contributed by atoms with E-state index in [4.69, 9.17) is 0 Å². The molecule has 0 saturated heterocycles. The highest BCUT2D eigenvalue weighted by Gasteiger charge is 2.04. The van der Waals surface area contributed by atoms with Crippen LogP contribution in [0.15, 0.2) is 30.3 Å². The zero-order valence-electron chi connectivity index (χ0n) is 8.29. The van der Waals surface area contributed by atoms with Gasteiger partial charge in [0.05, 0.1) is 0 Å². The van der Waals surface area contributed by atoms with Crippen molar-refractivity contribution in [3.05, 3.63) is 35.9 Å². The van der Waals surface area contributed by atoms with Crippen LogP contribution in [0.1, 0.15) is 5.56 Å². The van der Waals surface area contributed by atoms with E-state index in [1.165, 1.54) is 11.3 Å². The molecule has 1 nitrogen and oxygen atoms in total. The molecule has 0 aromatic heterocycles. The van der Waals surface area contributed by atoms with Crippen LogP contribution in [0.4, 0.5) is 0 Å². The lowest BCUT2D eigenvalue weighted by Crippen LogP contribution is -2.29. The summed E-state index contributed by atoms with van der Waals surface area (Å²) in [6, 6.07) is 11.2. The second kappa shape index (κ2) is 6.06.